The number of H-pyrrole nitrogens is 1. The molecule has 4 nitrogen and oxygen atoms in total. The van der Waals surface area contributed by atoms with Crippen LogP contribution in [0.5, 0.6) is 0 Å². The van der Waals surface area contributed by atoms with Crippen LogP contribution < -0.4 is 0 Å². The van der Waals surface area contributed by atoms with Crippen LogP contribution in [-0.4, -0.2) is 27.1 Å². The van der Waals surface area contributed by atoms with Crippen LogP contribution in [0.4, 0.5) is 4.79 Å². The summed E-state index contributed by atoms with van der Waals surface area (Å²) in [5.41, 5.74) is 2.09. The van der Waals surface area contributed by atoms with Crippen LogP contribution in [0.1, 0.15) is 51.0 Å². The van der Waals surface area contributed by atoms with Gasteiger partial charge < -0.3 is 15.0 Å². The standard InChI is InChI=1S/C19H26N2O2/c1-14(12-15-6-3-2-4-7-15)21(19(22)23)13-17-9-5-8-16-10-11-20-18(16)17/h5,8-11,14-15,20H,2-4,6-7,12-13H2,1H3,(H,22,23). The van der Waals surface area contributed by atoms with Crippen molar-refractivity contribution in [3.63, 3.8) is 0 Å². The van der Waals surface area contributed by atoms with Crippen molar-refractivity contribution in [2.24, 2.45) is 5.92 Å². The fourth-order valence-corrected chi connectivity index (χ4v) is 3.91. The molecule has 124 valence electrons. The first kappa shape index (κ1) is 15.9. The maximum Gasteiger partial charge on any atom is 0.407 e. The van der Waals surface area contributed by atoms with Gasteiger partial charge in [-0.2, -0.15) is 0 Å². The molecule has 0 saturated heterocycles. The third-order valence-electron chi connectivity index (χ3n) is 5.19. The van der Waals surface area contributed by atoms with E-state index in [-0.39, 0.29) is 6.04 Å². The summed E-state index contributed by atoms with van der Waals surface area (Å²) in [4.78, 5) is 16.6. The van der Waals surface area contributed by atoms with E-state index in [0.717, 1.165) is 22.9 Å². The van der Waals surface area contributed by atoms with Crippen molar-refractivity contribution in [3.8, 4) is 0 Å². The SMILES string of the molecule is CC(CC1CCCCC1)N(Cc1cccc2cc[nH]c12)C(=O)O. The van der Waals surface area contributed by atoms with Gasteiger partial charge in [-0.25, -0.2) is 4.79 Å². The highest BCUT2D eigenvalue weighted by atomic mass is 16.4. The Labute approximate surface area is 137 Å². The van der Waals surface area contributed by atoms with Gasteiger partial charge in [0, 0.05) is 12.2 Å². The van der Waals surface area contributed by atoms with E-state index in [9.17, 15) is 9.90 Å². The van der Waals surface area contributed by atoms with E-state index >= 15 is 0 Å². The molecule has 2 N–H and O–H groups in total. The molecule has 1 aliphatic rings. The Morgan fingerprint density at radius 1 is 1.30 bits per heavy atom. The Balaban J connectivity index is 1.73. The Morgan fingerprint density at radius 2 is 2.09 bits per heavy atom. The number of benzene rings is 1. The minimum absolute atomic E-state index is 0.0563. The van der Waals surface area contributed by atoms with E-state index in [2.05, 4.69) is 11.9 Å². The molecule has 0 spiro atoms. The summed E-state index contributed by atoms with van der Waals surface area (Å²) < 4.78 is 0. The number of carbonyl (C=O) groups is 1. The summed E-state index contributed by atoms with van der Waals surface area (Å²) in [7, 11) is 0. The van der Waals surface area contributed by atoms with Crippen LogP contribution in [0.2, 0.25) is 0 Å². The van der Waals surface area contributed by atoms with E-state index in [1.165, 1.54) is 32.1 Å². The number of carboxylic acid groups (broad SMARTS) is 1. The molecule has 1 aromatic carbocycles. The molecule has 1 amide bonds. The Kier molecular flexibility index (Phi) is 4.89. The van der Waals surface area contributed by atoms with Crippen LogP contribution in [0.3, 0.4) is 0 Å². The fraction of sp³-hybridized carbons (Fsp3) is 0.526. The van der Waals surface area contributed by atoms with Crippen molar-refractivity contribution in [1.82, 2.24) is 9.88 Å². The van der Waals surface area contributed by atoms with E-state index in [0.29, 0.717) is 12.5 Å². The number of hydrogen-bond donors (Lipinski definition) is 2. The van der Waals surface area contributed by atoms with E-state index < -0.39 is 6.09 Å². The highest BCUT2D eigenvalue weighted by Crippen LogP contribution is 2.29. The van der Waals surface area contributed by atoms with Crippen LogP contribution in [-0.2, 0) is 6.54 Å². The molecule has 1 heterocycles. The third kappa shape index (κ3) is 3.69. The Morgan fingerprint density at radius 3 is 2.83 bits per heavy atom. The lowest BCUT2D eigenvalue weighted by Crippen LogP contribution is -2.38. The van der Waals surface area contributed by atoms with Gasteiger partial charge in [-0.1, -0.05) is 50.3 Å². The van der Waals surface area contributed by atoms with Gasteiger partial charge >= 0.3 is 6.09 Å². The second-order valence-corrected chi connectivity index (χ2v) is 6.86. The first-order valence-electron chi connectivity index (χ1n) is 8.69. The van der Waals surface area contributed by atoms with Gasteiger partial charge in [0.1, 0.15) is 0 Å². The lowest BCUT2D eigenvalue weighted by Gasteiger charge is -2.31. The molecule has 3 rings (SSSR count). The highest BCUT2D eigenvalue weighted by Gasteiger charge is 2.24. The fourth-order valence-electron chi connectivity index (χ4n) is 3.91. The van der Waals surface area contributed by atoms with Crippen LogP contribution in [0, 0.1) is 5.92 Å². The molecule has 2 aromatic rings. The number of aromatic nitrogens is 1. The van der Waals surface area contributed by atoms with Crippen molar-refractivity contribution in [3.05, 3.63) is 36.0 Å². The highest BCUT2D eigenvalue weighted by molar-refractivity contribution is 5.82. The van der Waals surface area contributed by atoms with Crippen molar-refractivity contribution in [2.75, 3.05) is 0 Å². The maximum atomic E-state index is 11.8. The monoisotopic (exact) mass is 314 g/mol. The quantitative estimate of drug-likeness (QED) is 0.815. The normalized spacial score (nSPS) is 17.3. The smallest absolute Gasteiger partial charge is 0.407 e. The second kappa shape index (κ2) is 7.07. The molecule has 1 aliphatic carbocycles. The number of para-hydroxylation sites is 1. The summed E-state index contributed by atoms with van der Waals surface area (Å²) >= 11 is 0. The van der Waals surface area contributed by atoms with E-state index in [1.54, 1.807) is 4.90 Å². The zero-order valence-electron chi connectivity index (χ0n) is 13.8. The molecular formula is C19H26N2O2. The van der Waals surface area contributed by atoms with Gasteiger partial charge in [0.2, 0.25) is 0 Å². The molecule has 4 heteroatoms. The topological polar surface area (TPSA) is 56.3 Å². The summed E-state index contributed by atoms with van der Waals surface area (Å²) in [5.74, 6) is 0.682. The molecule has 1 unspecified atom stereocenters. The van der Waals surface area contributed by atoms with Crippen LogP contribution in [0.15, 0.2) is 30.5 Å². The number of nitrogens with one attached hydrogen (secondary N) is 1. The predicted molar refractivity (Wildman–Crippen MR) is 92.5 cm³/mol. The van der Waals surface area contributed by atoms with E-state index in [1.807, 2.05) is 30.5 Å². The van der Waals surface area contributed by atoms with Gasteiger partial charge in [-0.05, 0) is 36.3 Å². The molecule has 1 aromatic heterocycles. The molecule has 1 fully saturated rings. The lowest BCUT2D eigenvalue weighted by molar-refractivity contribution is 0.113. The maximum absolute atomic E-state index is 11.8. The first-order valence-corrected chi connectivity index (χ1v) is 8.69. The first-order chi connectivity index (χ1) is 11.1. The lowest BCUT2D eigenvalue weighted by atomic mass is 9.85. The van der Waals surface area contributed by atoms with Crippen molar-refractivity contribution >= 4 is 17.0 Å². The second-order valence-electron chi connectivity index (χ2n) is 6.86. The Hall–Kier alpha value is -1.97. The molecule has 1 saturated carbocycles. The zero-order valence-corrected chi connectivity index (χ0v) is 13.8. The van der Waals surface area contributed by atoms with Crippen LogP contribution >= 0.6 is 0 Å². The zero-order chi connectivity index (χ0) is 16.2. The number of nitrogens with zero attached hydrogens (tertiary/aromatic N) is 1. The average molecular weight is 314 g/mol. The number of aromatic amines is 1. The van der Waals surface area contributed by atoms with Gasteiger partial charge in [-0.15, -0.1) is 0 Å². The minimum Gasteiger partial charge on any atom is -0.465 e. The van der Waals surface area contributed by atoms with Gasteiger partial charge in [0.15, 0.2) is 0 Å². The molecule has 1 atom stereocenters. The number of rotatable bonds is 5. The summed E-state index contributed by atoms with van der Waals surface area (Å²) in [5, 5.41) is 10.8. The largest absolute Gasteiger partial charge is 0.465 e. The van der Waals surface area contributed by atoms with Gasteiger partial charge in [0.25, 0.3) is 0 Å². The molecule has 23 heavy (non-hydrogen) atoms. The predicted octanol–water partition coefficient (Wildman–Crippen LogP) is 5.01. The number of hydrogen-bond acceptors (Lipinski definition) is 1. The summed E-state index contributed by atoms with van der Waals surface area (Å²) in [6.45, 7) is 2.50. The van der Waals surface area contributed by atoms with Gasteiger partial charge in [0.05, 0.1) is 12.1 Å². The summed E-state index contributed by atoms with van der Waals surface area (Å²) in [6.07, 6.45) is 8.50. The summed E-state index contributed by atoms with van der Waals surface area (Å²) in [6, 6.07) is 8.14. The van der Waals surface area contributed by atoms with Crippen LogP contribution in [0.25, 0.3) is 10.9 Å². The van der Waals surface area contributed by atoms with E-state index in [4.69, 9.17) is 0 Å². The average Bonchev–Trinajstić information content (AvgIpc) is 3.02. The van der Waals surface area contributed by atoms with Gasteiger partial charge in [-0.3, -0.25) is 0 Å². The van der Waals surface area contributed by atoms with Crippen molar-refractivity contribution in [2.45, 2.75) is 58.0 Å². The molecular weight excluding hydrogens is 288 g/mol. The van der Waals surface area contributed by atoms with Crippen molar-refractivity contribution in [1.29, 1.82) is 0 Å². The number of fused-ring (bicyclic) bond motifs is 1. The Bertz CT molecular complexity index is 658. The molecule has 0 aliphatic heterocycles. The minimum atomic E-state index is -0.822. The molecule has 0 bridgehead atoms. The third-order valence-corrected chi connectivity index (χ3v) is 5.19. The molecule has 0 radical (unpaired) electrons. The van der Waals surface area contributed by atoms with Crippen molar-refractivity contribution < 1.29 is 9.90 Å². The number of amides is 1.